The van der Waals surface area contributed by atoms with E-state index in [0.717, 1.165) is 57.3 Å². The molecule has 4 aromatic carbocycles. The number of hydrogen-bond acceptors (Lipinski definition) is 4. The second-order valence-electron chi connectivity index (χ2n) is 12.9. The van der Waals surface area contributed by atoms with Gasteiger partial charge in [-0.1, -0.05) is 73.2 Å². The van der Waals surface area contributed by atoms with E-state index < -0.39 is 11.7 Å². The third kappa shape index (κ3) is 9.92. The Kier molecular flexibility index (Phi) is 12.5. The zero-order chi connectivity index (χ0) is 34.8. The van der Waals surface area contributed by atoms with Gasteiger partial charge in [-0.25, -0.2) is 0 Å². The summed E-state index contributed by atoms with van der Waals surface area (Å²) in [6, 6.07) is 24.6. The van der Waals surface area contributed by atoms with Crippen molar-refractivity contribution in [3.8, 4) is 11.1 Å². The molecule has 0 spiro atoms. The molecule has 1 fully saturated rings. The number of carbonyl (C=O) groups excluding carboxylic acids is 2. The lowest BCUT2D eigenvalue weighted by molar-refractivity contribution is -0.137. The maximum Gasteiger partial charge on any atom is 0.416 e. The molecule has 0 aromatic heterocycles. The third-order valence-corrected chi connectivity index (χ3v) is 9.31. The lowest BCUT2D eigenvalue weighted by Gasteiger charge is -2.35. The highest BCUT2D eigenvalue weighted by atomic mass is 19.4. The molecule has 0 bridgehead atoms. The van der Waals surface area contributed by atoms with E-state index in [4.69, 9.17) is 4.74 Å². The summed E-state index contributed by atoms with van der Waals surface area (Å²) in [4.78, 5) is 29.9. The topological polar surface area (TPSA) is 61.9 Å². The summed E-state index contributed by atoms with van der Waals surface area (Å²) in [5, 5.41) is 5.59. The number of amides is 2. The quantitative estimate of drug-likeness (QED) is 0.138. The van der Waals surface area contributed by atoms with Gasteiger partial charge in [-0.15, -0.1) is 0 Å². The van der Waals surface area contributed by atoms with Crippen molar-refractivity contribution >= 4 is 22.6 Å². The summed E-state index contributed by atoms with van der Waals surface area (Å²) in [5.74, 6) is -0.100. The number of aryl methyl sites for hydroxylation is 2. The van der Waals surface area contributed by atoms with E-state index in [1.165, 1.54) is 34.0 Å². The van der Waals surface area contributed by atoms with Crippen LogP contribution in [0.5, 0.6) is 0 Å². The summed E-state index contributed by atoms with van der Waals surface area (Å²) in [6.45, 7) is 6.27. The van der Waals surface area contributed by atoms with E-state index in [0.29, 0.717) is 49.4 Å². The first-order valence-corrected chi connectivity index (χ1v) is 17.2. The average molecular weight is 674 g/mol. The first kappa shape index (κ1) is 36.1. The van der Waals surface area contributed by atoms with Crippen LogP contribution in [0.4, 0.5) is 13.2 Å². The SMILES string of the molecule is Cc1ccc2ccccc2c1CCCC(=O)NCCCCCN1CCOC(CN(C)C(=O)c2ccccc2-c2ccc(C(F)(F)F)cc2)C1. The van der Waals surface area contributed by atoms with Crippen LogP contribution in [0.15, 0.2) is 84.9 Å². The Labute approximate surface area is 287 Å². The number of hydrogen-bond donors (Lipinski definition) is 1. The third-order valence-electron chi connectivity index (χ3n) is 9.31. The zero-order valence-corrected chi connectivity index (χ0v) is 28.4. The molecule has 1 aliphatic rings. The number of carbonyl (C=O) groups is 2. The zero-order valence-electron chi connectivity index (χ0n) is 28.4. The van der Waals surface area contributed by atoms with Crippen molar-refractivity contribution in [1.29, 1.82) is 0 Å². The van der Waals surface area contributed by atoms with E-state index in [9.17, 15) is 22.8 Å². The average Bonchev–Trinajstić information content (AvgIpc) is 3.10. The number of nitrogens with one attached hydrogen (secondary N) is 1. The smallest absolute Gasteiger partial charge is 0.374 e. The number of morpholine rings is 1. The molecule has 2 amide bonds. The maximum atomic E-state index is 13.5. The van der Waals surface area contributed by atoms with Gasteiger partial charge in [-0.3, -0.25) is 14.5 Å². The minimum absolute atomic E-state index is 0.106. The lowest BCUT2D eigenvalue weighted by atomic mass is 9.95. The van der Waals surface area contributed by atoms with Crippen molar-refractivity contribution in [2.45, 2.75) is 57.7 Å². The number of rotatable bonds is 14. The number of unbranched alkanes of at least 4 members (excludes halogenated alkanes) is 2. The van der Waals surface area contributed by atoms with Crippen LogP contribution in [0.25, 0.3) is 21.9 Å². The molecule has 1 unspecified atom stereocenters. The number of halogens is 3. The Morgan fingerprint density at radius 3 is 2.47 bits per heavy atom. The van der Waals surface area contributed by atoms with E-state index in [1.807, 2.05) is 0 Å². The van der Waals surface area contributed by atoms with Gasteiger partial charge in [0.15, 0.2) is 0 Å². The van der Waals surface area contributed by atoms with Crippen molar-refractivity contribution in [2.75, 3.05) is 46.4 Å². The molecule has 1 heterocycles. The van der Waals surface area contributed by atoms with Gasteiger partial charge < -0.3 is 15.0 Å². The number of ether oxygens (including phenoxy) is 1. The number of benzene rings is 4. The van der Waals surface area contributed by atoms with E-state index in [-0.39, 0.29) is 17.9 Å². The summed E-state index contributed by atoms with van der Waals surface area (Å²) >= 11 is 0. The van der Waals surface area contributed by atoms with Gasteiger partial charge in [0.25, 0.3) is 5.91 Å². The number of nitrogens with zero attached hydrogens (tertiary/aromatic N) is 2. The van der Waals surface area contributed by atoms with E-state index in [2.05, 4.69) is 53.5 Å². The van der Waals surface area contributed by atoms with Crippen molar-refractivity contribution in [3.05, 3.63) is 107 Å². The van der Waals surface area contributed by atoms with Crippen LogP contribution in [0, 0.1) is 6.92 Å². The highest BCUT2D eigenvalue weighted by Gasteiger charge is 2.30. The first-order chi connectivity index (χ1) is 23.6. The normalized spacial score (nSPS) is 15.3. The standard InChI is InChI=1S/C40H46F3N3O3/c1-29-17-18-30-11-4-5-12-35(30)34(29)15-10-16-38(47)44-23-8-3-9-24-46-25-26-49-33(28-46)27-45(2)39(48)37-14-7-6-13-36(37)31-19-21-32(22-20-31)40(41,42)43/h4-7,11-14,17-22,33H,3,8-10,15-16,23-28H2,1-2H3,(H,44,47). The predicted octanol–water partition coefficient (Wildman–Crippen LogP) is 7.92. The molecule has 4 aromatic rings. The van der Waals surface area contributed by atoms with Crippen LogP contribution in [-0.2, 0) is 22.1 Å². The van der Waals surface area contributed by atoms with Crippen LogP contribution in [0.1, 0.15) is 59.2 Å². The molecular formula is C40H46F3N3O3. The summed E-state index contributed by atoms with van der Waals surface area (Å²) < 4.78 is 45.2. The molecule has 1 aliphatic heterocycles. The molecule has 0 aliphatic carbocycles. The van der Waals surface area contributed by atoms with Gasteiger partial charge in [0.1, 0.15) is 0 Å². The fourth-order valence-corrected chi connectivity index (χ4v) is 6.60. The number of likely N-dealkylation sites (N-methyl/N-ethyl adjacent to an activating group) is 1. The maximum absolute atomic E-state index is 13.5. The van der Waals surface area contributed by atoms with Gasteiger partial charge in [0.2, 0.25) is 5.91 Å². The van der Waals surface area contributed by atoms with Gasteiger partial charge in [0, 0.05) is 45.2 Å². The molecule has 0 saturated carbocycles. The largest absolute Gasteiger partial charge is 0.416 e. The molecule has 260 valence electrons. The van der Waals surface area contributed by atoms with Crippen molar-refractivity contribution in [3.63, 3.8) is 0 Å². The molecule has 1 atom stereocenters. The summed E-state index contributed by atoms with van der Waals surface area (Å²) in [7, 11) is 1.73. The van der Waals surface area contributed by atoms with Crippen molar-refractivity contribution < 1.29 is 27.5 Å². The summed E-state index contributed by atoms with van der Waals surface area (Å²) in [6.07, 6.45) is 0.630. The van der Waals surface area contributed by atoms with Crippen LogP contribution in [0.3, 0.4) is 0 Å². The lowest BCUT2D eigenvalue weighted by Crippen LogP contribution is -2.48. The highest BCUT2D eigenvalue weighted by Crippen LogP contribution is 2.32. The fourth-order valence-electron chi connectivity index (χ4n) is 6.60. The van der Waals surface area contributed by atoms with Crippen LogP contribution >= 0.6 is 0 Å². The minimum Gasteiger partial charge on any atom is -0.374 e. The molecule has 0 radical (unpaired) electrons. The van der Waals surface area contributed by atoms with Crippen molar-refractivity contribution in [1.82, 2.24) is 15.1 Å². The molecule has 9 heteroatoms. The number of alkyl halides is 3. The number of fused-ring (bicyclic) bond motifs is 1. The monoisotopic (exact) mass is 673 g/mol. The highest BCUT2D eigenvalue weighted by molar-refractivity contribution is 6.00. The Morgan fingerprint density at radius 2 is 1.67 bits per heavy atom. The van der Waals surface area contributed by atoms with Gasteiger partial charge in [-0.05, 0) is 90.4 Å². The molecule has 1 N–H and O–H groups in total. The molecule has 5 rings (SSSR count). The minimum atomic E-state index is -4.42. The predicted molar refractivity (Wildman–Crippen MR) is 189 cm³/mol. The second kappa shape index (κ2) is 16.9. The Morgan fingerprint density at radius 1 is 0.918 bits per heavy atom. The van der Waals surface area contributed by atoms with E-state index in [1.54, 1.807) is 36.2 Å². The Bertz CT molecular complexity index is 1710. The summed E-state index contributed by atoms with van der Waals surface area (Å²) in [5.41, 5.74) is 3.45. The second-order valence-corrected chi connectivity index (χ2v) is 12.9. The van der Waals surface area contributed by atoms with Crippen LogP contribution in [0.2, 0.25) is 0 Å². The van der Waals surface area contributed by atoms with E-state index >= 15 is 0 Å². The first-order valence-electron chi connectivity index (χ1n) is 17.2. The van der Waals surface area contributed by atoms with Gasteiger partial charge in [0.05, 0.1) is 18.3 Å². The van der Waals surface area contributed by atoms with Gasteiger partial charge in [-0.2, -0.15) is 13.2 Å². The molecule has 1 saturated heterocycles. The Hall–Kier alpha value is -4.21. The fraction of sp³-hybridized carbons (Fsp3) is 0.400. The van der Waals surface area contributed by atoms with Crippen LogP contribution < -0.4 is 5.32 Å². The van der Waals surface area contributed by atoms with Gasteiger partial charge >= 0.3 is 6.18 Å². The Balaban J connectivity index is 0.996. The molecular weight excluding hydrogens is 627 g/mol. The molecule has 6 nitrogen and oxygen atoms in total. The van der Waals surface area contributed by atoms with Crippen molar-refractivity contribution in [2.24, 2.45) is 0 Å². The van der Waals surface area contributed by atoms with Crippen LogP contribution in [-0.4, -0.2) is 74.1 Å². The molecule has 49 heavy (non-hydrogen) atoms.